The largest absolute Gasteiger partial charge is 0.327 e. The van der Waals surface area contributed by atoms with Gasteiger partial charge < -0.3 is 4.98 Å². The third-order valence-electron chi connectivity index (χ3n) is 2.11. The van der Waals surface area contributed by atoms with Crippen LogP contribution in [0.3, 0.4) is 0 Å². The summed E-state index contributed by atoms with van der Waals surface area (Å²) in [4.78, 5) is 65.6. The molecule has 0 aliphatic carbocycles. The molecule has 3 aromatic rings. The summed E-state index contributed by atoms with van der Waals surface area (Å²) < 4.78 is 0. The monoisotopic (exact) mass is 280 g/mol. The zero-order chi connectivity index (χ0) is 14.7. The molecule has 0 spiro atoms. The highest BCUT2D eigenvalue weighted by molar-refractivity contribution is 5.67. The number of fused-ring (bicyclic) bond motifs is 1. The highest BCUT2D eigenvalue weighted by Gasteiger charge is 2.02. The first-order chi connectivity index (χ1) is 9.45. The Morgan fingerprint density at radius 1 is 0.700 bits per heavy atom. The standard InChI is InChI=1S/C5H4N4O3.C4H4N2O2/c10-3-1-2(7-4(11)6-1)8-5(12)9-3;7-3-1-2-5-4(8)6-3/h(H4,6,7,8,9,10,11,12);1-2H,(H2,5,6,7,8). The van der Waals surface area contributed by atoms with E-state index < -0.39 is 22.6 Å². The molecule has 20 heavy (non-hydrogen) atoms. The van der Waals surface area contributed by atoms with Crippen LogP contribution in [-0.2, 0) is 0 Å². The fraction of sp³-hybridized carbons (Fsp3) is 0. The Morgan fingerprint density at radius 3 is 1.90 bits per heavy atom. The first-order valence-electron chi connectivity index (χ1n) is 5.18. The van der Waals surface area contributed by atoms with Gasteiger partial charge in [-0.1, -0.05) is 0 Å². The number of nitrogens with one attached hydrogen (secondary N) is 6. The van der Waals surface area contributed by atoms with Crippen molar-refractivity contribution in [3.63, 3.8) is 0 Å². The second kappa shape index (κ2) is 5.09. The molecule has 0 aliphatic rings. The van der Waals surface area contributed by atoms with Crippen molar-refractivity contribution in [2.24, 2.45) is 0 Å². The van der Waals surface area contributed by atoms with E-state index in [0.29, 0.717) is 0 Å². The van der Waals surface area contributed by atoms with E-state index in [1.165, 1.54) is 12.3 Å². The lowest BCUT2D eigenvalue weighted by atomic mass is 10.5. The molecule has 3 aromatic heterocycles. The lowest BCUT2D eigenvalue weighted by molar-refractivity contribution is 1.04. The van der Waals surface area contributed by atoms with Crippen LogP contribution in [0.2, 0.25) is 0 Å². The highest BCUT2D eigenvalue weighted by atomic mass is 16.2. The summed E-state index contributed by atoms with van der Waals surface area (Å²) in [6, 6.07) is 1.24. The van der Waals surface area contributed by atoms with Gasteiger partial charge in [0.05, 0.1) is 0 Å². The number of aromatic amines is 6. The SMILES string of the molecule is O=c1[nH]c(=O)c2[nH]c(=O)[nH]c2[nH]1.O=c1cc[nH]c(=O)[nH]1. The molecule has 0 unspecified atom stereocenters. The average Bonchev–Trinajstić information content (AvgIpc) is 2.70. The van der Waals surface area contributed by atoms with Crippen molar-refractivity contribution in [3.8, 4) is 0 Å². The quantitative estimate of drug-likeness (QED) is 0.261. The van der Waals surface area contributed by atoms with Crippen LogP contribution in [-0.4, -0.2) is 29.9 Å². The van der Waals surface area contributed by atoms with E-state index in [1.54, 1.807) is 0 Å². The van der Waals surface area contributed by atoms with Gasteiger partial charge in [-0.2, -0.15) is 0 Å². The van der Waals surface area contributed by atoms with Crippen molar-refractivity contribution >= 4 is 11.2 Å². The van der Waals surface area contributed by atoms with Crippen LogP contribution < -0.4 is 28.2 Å². The van der Waals surface area contributed by atoms with Gasteiger partial charge in [0.1, 0.15) is 11.2 Å². The molecule has 0 fully saturated rings. The molecule has 0 atom stereocenters. The van der Waals surface area contributed by atoms with E-state index in [9.17, 15) is 24.0 Å². The van der Waals surface area contributed by atoms with Gasteiger partial charge in [-0.25, -0.2) is 14.4 Å². The summed E-state index contributed by atoms with van der Waals surface area (Å²) >= 11 is 0. The molecule has 3 heterocycles. The topological polar surface area (TPSA) is 180 Å². The summed E-state index contributed by atoms with van der Waals surface area (Å²) in [7, 11) is 0. The first kappa shape index (κ1) is 13.1. The average molecular weight is 280 g/mol. The molecule has 0 saturated heterocycles. The second-order valence-electron chi connectivity index (χ2n) is 3.53. The van der Waals surface area contributed by atoms with Crippen molar-refractivity contribution in [2.45, 2.75) is 0 Å². The lowest BCUT2D eigenvalue weighted by Gasteiger charge is -1.83. The van der Waals surface area contributed by atoms with Gasteiger partial charge in [0, 0.05) is 12.3 Å². The van der Waals surface area contributed by atoms with E-state index in [1.807, 2.05) is 9.97 Å². The lowest BCUT2D eigenvalue weighted by Crippen LogP contribution is -2.21. The summed E-state index contributed by atoms with van der Waals surface area (Å²) in [6.45, 7) is 0. The van der Waals surface area contributed by atoms with Gasteiger partial charge in [0.2, 0.25) is 0 Å². The number of rotatable bonds is 0. The molecule has 0 amide bonds. The van der Waals surface area contributed by atoms with Gasteiger partial charge in [-0.3, -0.25) is 34.5 Å². The molecule has 0 saturated carbocycles. The van der Waals surface area contributed by atoms with Crippen LogP contribution in [0.1, 0.15) is 0 Å². The van der Waals surface area contributed by atoms with Gasteiger partial charge in [-0.05, 0) is 0 Å². The van der Waals surface area contributed by atoms with E-state index in [-0.39, 0.29) is 16.7 Å². The van der Waals surface area contributed by atoms with Crippen LogP contribution in [0.5, 0.6) is 0 Å². The molecular formula is C9H8N6O5. The Bertz CT molecular complexity index is 986. The zero-order valence-electron chi connectivity index (χ0n) is 9.70. The van der Waals surface area contributed by atoms with Crippen LogP contribution >= 0.6 is 0 Å². The minimum absolute atomic E-state index is 0.0413. The third kappa shape index (κ3) is 2.90. The molecule has 11 heteroatoms. The van der Waals surface area contributed by atoms with Crippen molar-refractivity contribution < 1.29 is 0 Å². The number of H-pyrrole nitrogens is 6. The minimum atomic E-state index is -0.650. The van der Waals surface area contributed by atoms with Crippen LogP contribution in [0.15, 0.2) is 36.2 Å². The first-order valence-corrected chi connectivity index (χ1v) is 5.18. The molecule has 0 aliphatic heterocycles. The van der Waals surface area contributed by atoms with Crippen LogP contribution in [0.4, 0.5) is 0 Å². The minimum Gasteiger partial charge on any atom is -0.314 e. The number of hydrogen-bond donors (Lipinski definition) is 6. The summed E-state index contributed by atoms with van der Waals surface area (Å²) in [5.74, 6) is 0. The highest BCUT2D eigenvalue weighted by Crippen LogP contribution is 1.88. The molecule has 3 rings (SSSR count). The maximum absolute atomic E-state index is 10.9. The Kier molecular flexibility index (Phi) is 3.33. The predicted molar refractivity (Wildman–Crippen MR) is 67.8 cm³/mol. The smallest absolute Gasteiger partial charge is 0.314 e. The Labute approximate surface area is 106 Å². The number of imidazole rings is 1. The molecule has 6 N–H and O–H groups in total. The summed E-state index contributed by atoms with van der Waals surface area (Å²) in [5, 5.41) is 0. The molecular weight excluding hydrogens is 272 g/mol. The van der Waals surface area contributed by atoms with Crippen LogP contribution in [0.25, 0.3) is 11.2 Å². The Balaban J connectivity index is 0.000000160. The van der Waals surface area contributed by atoms with Gasteiger partial charge in [0.25, 0.3) is 11.1 Å². The fourth-order valence-electron chi connectivity index (χ4n) is 1.34. The summed E-state index contributed by atoms with van der Waals surface area (Å²) in [5.41, 5.74) is -2.51. The number of aromatic nitrogens is 6. The Morgan fingerprint density at radius 2 is 1.35 bits per heavy atom. The zero-order valence-corrected chi connectivity index (χ0v) is 9.70. The predicted octanol–water partition coefficient (Wildman–Crippen LogP) is -2.70. The molecule has 11 nitrogen and oxygen atoms in total. The normalized spacial score (nSPS) is 10.0. The molecule has 0 radical (unpaired) electrons. The van der Waals surface area contributed by atoms with E-state index in [0.717, 1.165) is 0 Å². The van der Waals surface area contributed by atoms with Crippen molar-refractivity contribution in [1.82, 2.24) is 29.9 Å². The fourth-order valence-corrected chi connectivity index (χ4v) is 1.34. The van der Waals surface area contributed by atoms with E-state index in [4.69, 9.17) is 0 Å². The maximum atomic E-state index is 10.9. The van der Waals surface area contributed by atoms with Crippen molar-refractivity contribution in [1.29, 1.82) is 0 Å². The molecule has 104 valence electrons. The second-order valence-corrected chi connectivity index (χ2v) is 3.53. The number of hydrogen-bond acceptors (Lipinski definition) is 5. The van der Waals surface area contributed by atoms with Gasteiger partial charge >= 0.3 is 17.1 Å². The van der Waals surface area contributed by atoms with E-state index in [2.05, 4.69) is 19.9 Å². The van der Waals surface area contributed by atoms with Crippen molar-refractivity contribution in [2.75, 3.05) is 0 Å². The summed E-state index contributed by atoms with van der Waals surface area (Å²) in [6.07, 6.45) is 1.29. The third-order valence-corrected chi connectivity index (χ3v) is 2.11. The van der Waals surface area contributed by atoms with Crippen LogP contribution in [0, 0.1) is 0 Å². The van der Waals surface area contributed by atoms with E-state index >= 15 is 0 Å². The van der Waals surface area contributed by atoms with Crippen molar-refractivity contribution in [3.05, 3.63) is 64.4 Å². The molecule has 0 bridgehead atoms. The maximum Gasteiger partial charge on any atom is 0.327 e. The van der Waals surface area contributed by atoms with Gasteiger partial charge in [0.15, 0.2) is 0 Å². The Hall–Kier alpha value is -3.37. The van der Waals surface area contributed by atoms with Gasteiger partial charge in [-0.15, -0.1) is 0 Å². The molecule has 0 aromatic carbocycles.